The lowest BCUT2D eigenvalue weighted by Gasteiger charge is -2.26. The molecule has 22 heavy (non-hydrogen) atoms. The van der Waals surface area contributed by atoms with Gasteiger partial charge in [-0.2, -0.15) is 0 Å². The van der Waals surface area contributed by atoms with Crippen molar-refractivity contribution in [1.29, 1.82) is 0 Å². The lowest BCUT2D eigenvalue weighted by molar-refractivity contribution is -0.129. The summed E-state index contributed by atoms with van der Waals surface area (Å²) in [4.78, 5) is 14.1. The van der Waals surface area contributed by atoms with Gasteiger partial charge in [0.25, 0.3) is 0 Å². The van der Waals surface area contributed by atoms with Gasteiger partial charge in [-0.1, -0.05) is 24.3 Å². The number of hydrogen-bond donors (Lipinski definition) is 0. The second-order valence-electron chi connectivity index (χ2n) is 5.66. The fourth-order valence-corrected chi connectivity index (χ4v) is 5.48. The summed E-state index contributed by atoms with van der Waals surface area (Å²) >= 11 is 1.59. The fourth-order valence-electron chi connectivity index (χ4n) is 2.76. The Morgan fingerprint density at radius 2 is 2.09 bits per heavy atom. The number of amides is 1. The average molecular weight is 341 g/mol. The lowest BCUT2D eigenvalue weighted by atomic mass is 10.1. The molecule has 0 aliphatic carbocycles. The van der Waals surface area contributed by atoms with Crippen molar-refractivity contribution < 1.29 is 13.2 Å². The van der Waals surface area contributed by atoms with E-state index >= 15 is 0 Å². The predicted octanol–water partition coefficient (Wildman–Crippen LogP) is 2.26. The van der Waals surface area contributed by atoms with Gasteiger partial charge in [-0.25, -0.2) is 8.42 Å². The van der Waals surface area contributed by atoms with E-state index in [0.29, 0.717) is 18.7 Å². The van der Waals surface area contributed by atoms with Gasteiger partial charge >= 0.3 is 0 Å². The summed E-state index contributed by atoms with van der Waals surface area (Å²) in [7, 11) is -2.95. The van der Waals surface area contributed by atoms with Gasteiger partial charge in [0, 0.05) is 18.3 Å². The minimum atomic E-state index is -2.95. The molecule has 1 unspecified atom stereocenters. The average Bonchev–Trinajstić information content (AvgIpc) is 2.82. The van der Waals surface area contributed by atoms with Crippen LogP contribution in [0, 0.1) is 6.92 Å². The van der Waals surface area contributed by atoms with Gasteiger partial charge in [0.05, 0.1) is 17.3 Å². The molecule has 1 aliphatic rings. The predicted molar refractivity (Wildman–Crippen MR) is 91.8 cm³/mol. The van der Waals surface area contributed by atoms with E-state index in [2.05, 4.69) is 19.1 Å². The SMILES string of the molecule is CCN(C(=O)CSCc1ccccc1C)C1CCS(=O)(=O)C1. The smallest absolute Gasteiger partial charge is 0.232 e. The van der Waals surface area contributed by atoms with Crippen molar-refractivity contribution in [3.8, 4) is 0 Å². The minimum absolute atomic E-state index is 0.0446. The molecule has 0 saturated carbocycles. The zero-order valence-corrected chi connectivity index (χ0v) is 14.8. The number of benzene rings is 1. The van der Waals surface area contributed by atoms with Crippen LogP contribution in [-0.2, 0) is 20.4 Å². The van der Waals surface area contributed by atoms with Crippen LogP contribution in [0.2, 0.25) is 0 Å². The van der Waals surface area contributed by atoms with Crippen molar-refractivity contribution in [2.24, 2.45) is 0 Å². The lowest BCUT2D eigenvalue weighted by Crippen LogP contribution is -2.41. The third kappa shape index (κ3) is 4.49. The largest absolute Gasteiger partial charge is 0.338 e. The number of nitrogens with zero attached hydrogens (tertiary/aromatic N) is 1. The maximum absolute atomic E-state index is 12.4. The maximum atomic E-state index is 12.4. The molecule has 1 aliphatic heterocycles. The highest BCUT2D eigenvalue weighted by Crippen LogP contribution is 2.20. The molecule has 1 saturated heterocycles. The van der Waals surface area contributed by atoms with Gasteiger partial charge in [-0.05, 0) is 31.4 Å². The Kier molecular flexibility index (Phi) is 5.92. The Balaban J connectivity index is 1.87. The number of hydrogen-bond acceptors (Lipinski definition) is 4. The minimum Gasteiger partial charge on any atom is -0.338 e. The molecule has 0 spiro atoms. The maximum Gasteiger partial charge on any atom is 0.232 e. The molecule has 0 radical (unpaired) electrons. The molecule has 1 aromatic rings. The molecule has 1 aromatic carbocycles. The number of carbonyl (C=O) groups excluding carboxylic acids is 1. The van der Waals surface area contributed by atoms with Gasteiger partial charge in [0.1, 0.15) is 0 Å². The summed E-state index contributed by atoms with van der Waals surface area (Å²) in [6, 6.07) is 8.02. The molecule has 0 N–H and O–H groups in total. The van der Waals surface area contributed by atoms with Crippen LogP contribution in [0.4, 0.5) is 0 Å². The topological polar surface area (TPSA) is 54.5 Å². The van der Waals surface area contributed by atoms with Crippen LogP contribution in [0.25, 0.3) is 0 Å². The van der Waals surface area contributed by atoms with Gasteiger partial charge < -0.3 is 4.90 Å². The van der Waals surface area contributed by atoms with Gasteiger partial charge in [-0.3, -0.25) is 4.79 Å². The number of aryl methyl sites for hydroxylation is 1. The van der Waals surface area contributed by atoms with Crippen molar-refractivity contribution in [3.05, 3.63) is 35.4 Å². The van der Waals surface area contributed by atoms with Crippen molar-refractivity contribution >= 4 is 27.5 Å². The first kappa shape index (κ1) is 17.3. The van der Waals surface area contributed by atoms with Crippen molar-refractivity contribution in [3.63, 3.8) is 0 Å². The summed E-state index contributed by atoms with van der Waals surface area (Å²) in [6.45, 7) is 4.55. The van der Waals surface area contributed by atoms with Crippen LogP contribution in [0.15, 0.2) is 24.3 Å². The van der Waals surface area contributed by atoms with Crippen molar-refractivity contribution in [2.45, 2.75) is 32.1 Å². The van der Waals surface area contributed by atoms with Crippen molar-refractivity contribution in [1.82, 2.24) is 4.90 Å². The molecule has 1 atom stereocenters. The second kappa shape index (κ2) is 7.51. The van der Waals surface area contributed by atoms with Crippen LogP contribution in [0.1, 0.15) is 24.5 Å². The Morgan fingerprint density at radius 1 is 1.36 bits per heavy atom. The first-order chi connectivity index (χ1) is 10.4. The van der Waals surface area contributed by atoms with E-state index < -0.39 is 9.84 Å². The Morgan fingerprint density at radius 3 is 2.68 bits per heavy atom. The van der Waals surface area contributed by atoms with Crippen LogP contribution in [0.3, 0.4) is 0 Å². The van der Waals surface area contributed by atoms with Gasteiger partial charge in [-0.15, -0.1) is 11.8 Å². The van der Waals surface area contributed by atoms with Crippen LogP contribution in [0.5, 0.6) is 0 Å². The van der Waals surface area contributed by atoms with E-state index in [-0.39, 0.29) is 23.5 Å². The Labute approximate surface area is 137 Å². The molecule has 2 rings (SSSR count). The molecule has 0 aromatic heterocycles. The quantitative estimate of drug-likeness (QED) is 0.796. The van der Waals surface area contributed by atoms with Crippen LogP contribution >= 0.6 is 11.8 Å². The monoisotopic (exact) mass is 341 g/mol. The van der Waals surface area contributed by atoms with Crippen LogP contribution < -0.4 is 0 Å². The van der Waals surface area contributed by atoms with Crippen molar-refractivity contribution in [2.75, 3.05) is 23.8 Å². The zero-order chi connectivity index (χ0) is 16.2. The molecule has 1 fully saturated rings. The van der Waals surface area contributed by atoms with Gasteiger partial charge in [0.2, 0.25) is 5.91 Å². The summed E-state index contributed by atoms with van der Waals surface area (Å²) < 4.78 is 23.2. The highest BCUT2D eigenvalue weighted by molar-refractivity contribution is 7.99. The van der Waals surface area contributed by atoms with Crippen LogP contribution in [-0.4, -0.2) is 49.1 Å². The summed E-state index contributed by atoms with van der Waals surface area (Å²) in [5.41, 5.74) is 2.48. The molecule has 1 heterocycles. The first-order valence-corrected chi connectivity index (χ1v) is 10.5. The number of sulfone groups is 1. The van der Waals surface area contributed by atoms with E-state index in [4.69, 9.17) is 0 Å². The highest BCUT2D eigenvalue weighted by atomic mass is 32.2. The molecular weight excluding hydrogens is 318 g/mol. The number of thioether (sulfide) groups is 1. The Bertz CT molecular complexity index is 628. The normalized spacial score (nSPS) is 20.0. The van der Waals surface area contributed by atoms with E-state index in [1.807, 2.05) is 19.1 Å². The first-order valence-electron chi connectivity index (χ1n) is 7.55. The summed E-state index contributed by atoms with van der Waals surface area (Å²) in [5.74, 6) is 1.58. The second-order valence-corrected chi connectivity index (χ2v) is 8.87. The molecule has 122 valence electrons. The zero-order valence-electron chi connectivity index (χ0n) is 13.1. The third-order valence-corrected chi connectivity index (χ3v) is 6.77. The number of rotatable bonds is 6. The molecule has 4 nitrogen and oxygen atoms in total. The summed E-state index contributed by atoms with van der Waals surface area (Å²) in [5, 5.41) is 0. The van der Waals surface area contributed by atoms with Gasteiger partial charge in [0.15, 0.2) is 9.84 Å². The molecule has 6 heteroatoms. The standard InChI is InChI=1S/C16H23NO3S2/c1-3-17(15-8-9-22(19,20)12-15)16(18)11-21-10-14-7-5-4-6-13(14)2/h4-7,15H,3,8-12H2,1-2H3. The summed E-state index contributed by atoms with van der Waals surface area (Å²) in [6.07, 6.45) is 0.574. The fraction of sp³-hybridized carbons (Fsp3) is 0.562. The van der Waals surface area contributed by atoms with E-state index in [1.165, 1.54) is 11.1 Å². The van der Waals surface area contributed by atoms with E-state index in [1.54, 1.807) is 16.7 Å². The van der Waals surface area contributed by atoms with E-state index in [0.717, 1.165) is 5.75 Å². The highest BCUT2D eigenvalue weighted by Gasteiger charge is 2.33. The van der Waals surface area contributed by atoms with E-state index in [9.17, 15) is 13.2 Å². The molecular formula is C16H23NO3S2. The number of carbonyl (C=O) groups is 1. The molecule has 0 bridgehead atoms. The Hall–Kier alpha value is -1.01. The molecule has 1 amide bonds. The third-order valence-electron chi connectivity index (χ3n) is 4.05.